The maximum atomic E-state index is 6.27. The lowest BCUT2D eigenvalue weighted by Gasteiger charge is -2.21. The highest BCUT2D eigenvalue weighted by Crippen LogP contribution is 2.38. The lowest BCUT2D eigenvalue weighted by atomic mass is 10.2. The molecule has 1 aromatic rings. The van der Waals surface area contributed by atoms with Crippen LogP contribution in [0.4, 0.5) is 0 Å². The van der Waals surface area contributed by atoms with Crippen LogP contribution in [-0.2, 0) is 11.3 Å². The van der Waals surface area contributed by atoms with Gasteiger partial charge in [0.1, 0.15) is 13.2 Å². The van der Waals surface area contributed by atoms with E-state index >= 15 is 0 Å². The first-order valence-electron chi connectivity index (χ1n) is 8.84. The molecular weight excluding hydrogens is 483 g/mol. The Hall–Kier alpha value is -0.970. The second-order valence-corrected chi connectivity index (χ2v) is 6.51. The Balaban J connectivity index is 0.00000364. The number of rotatable bonds is 9. The van der Waals surface area contributed by atoms with E-state index in [0.717, 1.165) is 44.2 Å². The summed E-state index contributed by atoms with van der Waals surface area (Å²) in [6.45, 7) is 5.21. The maximum Gasteiger partial charge on any atom is 0.191 e. The SMILES string of the molecule is CN=C(NCCN(C)CCCOC)NCc1cc(Cl)c2c(c1)OCCO2.I. The molecule has 0 atom stereocenters. The van der Waals surface area contributed by atoms with E-state index in [1.165, 1.54) is 0 Å². The summed E-state index contributed by atoms with van der Waals surface area (Å²) < 4.78 is 16.2. The monoisotopic (exact) mass is 512 g/mol. The van der Waals surface area contributed by atoms with Gasteiger partial charge in [-0.05, 0) is 31.2 Å². The number of guanidine groups is 1. The van der Waals surface area contributed by atoms with Crippen LogP contribution in [0.2, 0.25) is 5.02 Å². The number of nitrogens with one attached hydrogen (secondary N) is 2. The van der Waals surface area contributed by atoms with E-state index in [-0.39, 0.29) is 24.0 Å². The molecule has 1 heterocycles. The van der Waals surface area contributed by atoms with Crippen LogP contribution < -0.4 is 20.1 Å². The first-order valence-corrected chi connectivity index (χ1v) is 9.22. The molecule has 0 aliphatic carbocycles. The number of ether oxygens (including phenoxy) is 3. The average molecular weight is 513 g/mol. The van der Waals surface area contributed by atoms with E-state index in [9.17, 15) is 0 Å². The number of nitrogens with zero attached hydrogens (tertiary/aromatic N) is 2. The van der Waals surface area contributed by atoms with Crippen molar-refractivity contribution in [1.82, 2.24) is 15.5 Å². The third kappa shape index (κ3) is 8.28. The van der Waals surface area contributed by atoms with E-state index in [1.54, 1.807) is 14.2 Å². The van der Waals surface area contributed by atoms with Gasteiger partial charge in [0.2, 0.25) is 0 Å². The highest BCUT2D eigenvalue weighted by atomic mass is 127. The van der Waals surface area contributed by atoms with Crippen molar-refractivity contribution in [1.29, 1.82) is 0 Å². The number of halogens is 2. The summed E-state index contributed by atoms with van der Waals surface area (Å²) in [5.74, 6) is 2.07. The summed E-state index contributed by atoms with van der Waals surface area (Å²) in [6.07, 6.45) is 1.03. The van der Waals surface area contributed by atoms with Gasteiger partial charge in [-0.25, -0.2) is 0 Å². The molecule has 0 amide bonds. The molecule has 0 saturated heterocycles. The number of likely N-dealkylation sites (N-methyl/N-ethyl adjacent to an activating group) is 1. The van der Waals surface area contributed by atoms with Gasteiger partial charge in [-0.2, -0.15) is 0 Å². The largest absolute Gasteiger partial charge is 0.486 e. The fraction of sp³-hybridized carbons (Fsp3) is 0.611. The minimum Gasteiger partial charge on any atom is -0.486 e. The predicted octanol–water partition coefficient (Wildman–Crippen LogP) is 2.36. The van der Waals surface area contributed by atoms with Crippen molar-refractivity contribution < 1.29 is 14.2 Å². The minimum absolute atomic E-state index is 0. The fourth-order valence-corrected chi connectivity index (χ4v) is 2.92. The zero-order valence-corrected chi connectivity index (χ0v) is 19.3. The normalized spacial score (nSPS) is 13.3. The molecule has 1 aliphatic heterocycles. The number of aliphatic imine (C=N–C) groups is 1. The molecule has 154 valence electrons. The number of benzene rings is 1. The van der Waals surface area contributed by atoms with Crippen LogP contribution in [0.5, 0.6) is 11.5 Å². The van der Waals surface area contributed by atoms with Crippen LogP contribution in [0, 0.1) is 0 Å². The van der Waals surface area contributed by atoms with Gasteiger partial charge in [0.25, 0.3) is 0 Å². The molecule has 0 spiro atoms. The smallest absolute Gasteiger partial charge is 0.191 e. The Bertz CT molecular complexity index is 604. The molecule has 2 rings (SSSR count). The molecule has 1 aliphatic rings. The second kappa shape index (κ2) is 13.2. The second-order valence-electron chi connectivity index (χ2n) is 6.10. The average Bonchev–Trinajstić information content (AvgIpc) is 2.65. The summed E-state index contributed by atoms with van der Waals surface area (Å²) in [4.78, 5) is 6.52. The highest BCUT2D eigenvalue weighted by molar-refractivity contribution is 14.0. The van der Waals surface area contributed by atoms with Crippen LogP contribution in [0.15, 0.2) is 17.1 Å². The summed E-state index contributed by atoms with van der Waals surface area (Å²) in [5, 5.41) is 7.18. The molecule has 0 saturated carbocycles. The quantitative estimate of drug-likeness (QED) is 0.229. The third-order valence-electron chi connectivity index (χ3n) is 4.01. The van der Waals surface area contributed by atoms with Crippen molar-refractivity contribution in [2.45, 2.75) is 13.0 Å². The minimum atomic E-state index is 0. The van der Waals surface area contributed by atoms with Crippen LogP contribution in [0.1, 0.15) is 12.0 Å². The van der Waals surface area contributed by atoms with E-state index in [1.807, 2.05) is 12.1 Å². The van der Waals surface area contributed by atoms with Crippen molar-refractivity contribution >= 4 is 41.5 Å². The molecule has 2 N–H and O–H groups in total. The standard InChI is InChI=1S/C18H29ClN4O3.HI/c1-20-18(21-5-7-23(2)6-4-8-24-3)22-13-14-11-15(19)17-16(12-14)25-9-10-26-17;/h11-12H,4-10,13H2,1-3H3,(H2,20,21,22);1H. The van der Waals surface area contributed by atoms with Gasteiger partial charge in [0.05, 0.1) is 5.02 Å². The van der Waals surface area contributed by atoms with Crippen LogP contribution in [-0.4, -0.2) is 71.5 Å². The molecule has 0 fully saturated rings. The Labute approximate surface area is 183 Å². The first kappa shape index (κ1) is 24.1. The van der Waals surface area contributed by atoms with Gasteiger partial charge >= 0.3 is 0 Å². The van der Waals surface area contributed by atoms with E-state index in [4.69, 9.17) is 25.8 Å². The van der Waals surface area contributed by atoms with E-state index < -0.39 is 0 Å². The van der Waals surface area contributed by atoms with Gasteiger partial charge < -0.3 is 29.7 Å². The molecule has 0 unspecified atom stereocenters. The van der Waals surface area contributed by atoms with Gasteiger partial charge in [-0.3, -0.25) is 4.99 Å². The summed E-state index contributed by atoms with van der Waals surface area (Å²) in [7, 11) is 5.59. The van der Waals surface area contributed by atoms with Crippen molar-refractivity contribution in [2.75, 3.05) is 60.7 Å². The molecule has 0 radical (unpaired) electrons. The molecule has 9 heteroatoms. The maximum absolute atomic E-state index is 6.27. The van der Waals surface area contributed by atoms with E-state index in [0.29, 0.717) is 36.3 Å². The lowest BCUT2D eigenvalue weighted by Crippen LogP contribution is -2.40. The number of hydrogen-bond acceptors (Lipinski definition) is 5. The first-order chi connectivity index (χ1) is 12.6. The Morgan fingerprint density at radius 2 is 2.04 bits per heavy atom. The van der Waals surface area contributed by atoms with Gasteiger partial charge in [0, 0.05) is 46.9 Å². The Kier molecular flexibility index (Phi) is 11.8. The molecule has 1 aromatic carbocycles. The van der Waals surface area contributed by atoms with Crippen LogP contribution in [0.25, 0.3) is 0 Å². The van der Waals surface area contributed by atoms with Crippen LogP contribution >= 0.6 is 35.6 Å². The number of fused-ring (bicyclic) bond motifs is 1. The zero-order valence-electron chi connectivity index (χ0n) is 16.2. The van der Waals surface area contributed by atoms with Crippen molar-refractivity contribution in [3.8, 4) is 11.5 Å². The highest BCUT2D eigenvalue weighted by Gasteiger charge is 2.16. The molecular formula is C18H30ClIN4O3. The van der Waals surface area contributed by atoms with Gasteiger partial charge in [0.15, 0.2) is 17.5 Å². The van der Waals surface area contributed by atoms with E-state index in [2.05, 4.69) is 27.6 Å². The Morgan fingerprint density at radius 1 is 1.26 bits per heavy atom. The predicted molar refractivity (Wildman–Crippen MR) is 120 cm³/mol. The third-order valence-corrected chi connectivity index (χ3v) is 4.30. The summed E-state index contributed by atoms with van der Waals surface area (Å²) in [6, 6.07) is 3.84. The van der Waals surface area contributed by atoms with Crippen molar-refractivity contribution in [3.63, 3.8) is 0 Å². The summed E-state index contributed by atoms with van der Waals surface area (Å²) >= 11 is 6.27. The molecule has 7 nitrogen and oxygen atoms in total. The van der Waals surface area contributed by atoms with Crippen LogP contribution in [0.3, 0.4) is 0 Å². The Morgan fingerprint density at radius 3 is 2.78 bits per heavy atom. The molecule has 27 heavy (non-hydrogen) atoms. The van der Waals surface area contributed by atoms with Gasteiger partial charge in [-0.15, -0.1) is 24.0 Å². The summed E-state index contributed by atoms with van der Waals surface area (Å²) in [5.41, 5.74) is 1.01. The number of methoxy groups -OCH3 is 1. The van der Waals surface area contributed by atoms with Crippen molar-refractivity contribution in [2.24, 2.45) is 4.99 Å². The lowest BCUT2D eigenvalue weighted by molar-refractivity contribution is 0.171. The molecule has 0 aromatic heterocycles. The fourth-order valence-electron chi connectivity index (χ4n) is 2.63. The van der Waals surface area contributed by atoms with Crippen molar-refractivity contribution in [3.05, 3.63) is 22.7 Å². The van der Waals surface area contributed by atoms with Gasteiger partial charge in [-0.1, -0.05) is 11.6 Å². The topological polar surface area (TPSA) is 67.4 Å². The zero-order chi connectivity index (χ0) is 18.8. The molecule has 0 bridgehead atoms. The number of hydrogen-bond donors (Lipinski definition) is 2.